The maximum absolute atomic E-state index is 12.8. The highest BCUT2D eigenvalue weighted by molar-refractivity contribution is 5.89. The second-order valence-corrected chi connectivity index (χ2v) is 7.20. The zero-order chi connectivity index (χ0) is 18.5. The van der Waals surface area contributed by atoms with Gasteiger partial charge in [0.2, 0.25) is 11.8 Å². The van der Waals surface area contributed by atoms with Crippen molar-refractivity contribution in [2.45, 2.75) is 38.8 Å². The van der Waals surface area contributed by atoms with E-state index in [2.05, 4.69) is 17.4 Å². The molecule has 2 atom stereocenters. The van der Waals surface area contributed by atoms with Crippen molar-refractivity contribution in [3.63, 3.8) is 0 Å². The molecule has 0 aromatic heterocycles. The van der Waals surface area contributed by atoms with Gasteiger partial charge in [-0.3, -0.25) is 9.59 Å². The van der Waals surface area contributed by atoms with Gasteiger partial charge in [0.15, 0.2) is 0 Å². The van der Waals surface area contributed by atoms with E-state index in [1.165, 1.54) is 5.56 Å². The number of carbonyl (C=O) groups excluding carboxylic acids is 2. The molecular weight excluding hydrogens is 324 g/mol. The molecule has 3 rings (SSSR count). The van der Waals surface area contributed by atoms with Crippen molar-refractivity contribution in [2.75, 3.05) is 6.54 Å². The number of nitrogens with zero attached hydrogens (tertiary/aromatic N) is 1. The minimum absolute atomic E-state index is 0.0358. The molecule has 1 aliphatic rings. The van der Waals surface area contributed by atoms with Crippen LogP contribution >= 0.6 is 0 Å². The van der Waals surface area contributed by atoms with Crippen LogP contribution in [0.4, 0.5) is 0 Å². The summed E-state index contributed by atoms with van der Waals surface area (Å²) in [4.78, 5) is 26.8. The van der Waals surface area contributed by atoms with Gasteiger partial charge in [-0.25, -0.2) is 0 Å². The topological polar surface area (TPSA) is 49.4 Å². The van der Waals surface area contributed by atoms with Gasteiger partial charge in [-0.1, -0.05) is 60.7 Å². The molecule has 1 heterocycles. The van der Waals surface area contributed by atoms with Crippen molar-refractivity contribution < 1.29 is 9.59 Å². The van der Waals surface area contributed by atoms with Crippen LogP contribution in [0.5, 0.6) is 0 Å². The average molecular weight is 350 g/mol. The molecule has 0 aliphatic carbocycles. The fourth-order valence-electron chi connectivity index (χ4n) is 3.48. The Hall–Kier alpha value is -2.62. The Kier molecular flexibility index (Phi) is 5.71. The van der Waals surface area contributed by atoms with Crippen molar-refractivity contribution in [1.29, 1.82) is 0 Å². The number of hydrogen-bond donors (Lipinski definition) is 1. The quantitative estimate of drug-likeness (QED) is 0.869. The molecule has 0 radical (unpaired) electrons. The first kappa shape index (κ1) is 18.2. The Labute approximate surface area is 155 Å². The first-order valence-corrected chi connectivity index (χ1v) is 9.23. The van der Waals surface area contributed by atoms with Gasteiger partial charge in [-0.2, -0.15) is 0 Å². The summed E-state index contributed by atoms with van der Waals surface area (Å²) in [5.74, 6) is -0.238. The van der Waals surface area contributed by atoms with Crippen LogP contribution in [0.3, 0.4) is 0 Å². The molecule has 0 saturated carbocycles. The maximum Gasteiger partial charge on any atom is 0.225 e. The minimum atomic E-state index is -0.271. The van der Waals surface area contributed by atoms with E-state index in [0.29, 0.717) is 13.0 Å². The molecule has 2 aromatic carbocycles. The lowest BCUT2D eigenvalue weighted by Crippen LogP contribution is -2.37. The van der Waals surface area contributed by atoms with Gasteiger partial charge in [0.25, 0.3) is 0 Å². The summed E-state index contributed by atoms with van der Waals surface area (Å²) in [5, 5.41) is 3.19. The van der Waals surface area contributed by atoms with Crippen LogP contribution in [0.15, 0.2) is 60.7 Å². The molecule has 26 heavy (non-hydrogen) atoms. The van der Waals surface area contributed by atoms with E-state index in [0.717, 1.165) is 12.0 Å². The molecule has 136 valence electrons. The lowest BCUT2D eigenvalue weighted by molar-refractivity contribution is -0.130. The summed E-state index contributed by atoms with van der Waals surface area (Å²) in [7, 11) is 0. The first-order chi connectivity index (χ1) is 12.5. The summed E-state index contributed by atoms with van der Waals surface area (Å²) < 4.78 is 0. The molecule has 2 aromatic rings. The summed E-state index contributed by atoms with van der Waals surface area (Å²) >= 11 is 0. The van der Waals surface area contributed by atoms with E-state index >= 15 is 0 Å². The van der Waals surface area contributed by atoms with Crippen molar-refractivity contribution in [3.8, 4) is 0 Å². The Bertz CT molecular complexity index is 743. The number of amides is 2. The van der Waals surface area contributed by atoms with Gasteiger partial charge in [0.05, 0.1) is 12.0 Å². The highest BCUT2D eigenvalue weighted by Gasteiger charge is 2.36. The molecule has 4 nitrogen and oxygen atoms in total. The van der Waals surface area contributed by atoms with E-state index in [1.807, 2.05) is 62.4 Å². The standard InChI is InChI=1S/C22H26N2O2/c1-16(2)24-15-19(14-21(24)25)22(26)23-20(18-11-7-4-8-12-18)13-17-9-5-3-6-10-17/h3-12,16,19-20H,13-15H2,1-2H3,(H,23,26). The van der Waals surface area contributed by atoms with Crippen LogP contribution in [0.25, 0.3) is 0 Å². The number of carbonyl (C=O) groups is 2. The number of benzene rings is 2. The summed E-state index contributed by atoms with van der Waals surface area (Å²) in [6, 6.07) is 20.2. The molecular formula is C22H26N2O2. The molecule has 1 fully saturated rings. The van der Waals surface area contributed by atoms with Crippen LogP contribution < -0.4 is 5.32 Å². The Morgan fingerprint density at radius 2 is 1.69 bits per heavy atom. The molecule has 1 aliphatic heterocycles. The van der Waals surface area contributed by atoms with Gasteiger partial charge in [-0.05, 0) is 31.4 Å². The molecule has 2 unspecified atom stereocenters. The molecule has 4 heteroatoms. The largest absolute Gasteiger partial charge is 0.349 e. The smallest absolute Gasteiger partial charge is 0.225 e. The van der Waals surface area contributed by atoms with E-state index in [-0.39, 0.29) is 29.8 Å². The van der Waals surface area contributed by atoms with Gasteiger partial charge in [0, 0.05) is 19.0 Å². The zero-order valence-corrected chi connectivity index (χ0v) is 15.4. The maximum atomic E-state index is 12.8. The third kappa shape index (κ3) is 4.31. The third-order valence-corrected chi connectivity index (χ3v) is 4.95. The van der Waals surface area contributed by atoms with Gasteiger partial charge < -0.3 is 10.2 Å². The van der Waals surface area contributed by atoms with E-state index in [1.54, 1.807) is 4.90 Å². The van der Waals surface area contributed by atoms with Crippen LogP contribution in [0.2, 0.25) is 0 Å². The fraction of sp³-hybridized carbons (Fsp3) is 0.364. The third-order valence-electron chi connectivity index (χ3n) is 4.95. The molecule has 2 amide bonds. The number of rotatable bonds is 6. The van der Waals surface area contributed by atoms with Crippen molar-refractivity contribution >= 4 is 11.8 Å². The van der Waals surface area contributed by atoms with E-state index < -0.39 is 0 Å². The predicted octanol–water partition coefficient (Wildman–Crippen LogP) is 3.34. The lowest BCUT2D eigenvalue weighted by Gasteiger charge is -2.23. The molecule has 1 N–H and O–H groups in total. The highest BCUT2D eigenvalue weighted by atomic mass is 16.2. The Morgan fingerprint density at radius 3 is 2.27 bits per heavy atom. The molecule has 0 bridgehead atoms. The number of hydrogen-bond acceptors (Lipinski definition) is 2. The van der Waals surface area contributed by atoms with Crippen LogP contribution in [-0.2, 0) is 16.0 Å². The SMILES string of the molecule is CC(C)N1CC(C(=O)NC(Cc2ccccc2)c2ccccc2)CC1=O. The Morgan fingerprint density at radius 1 is 1.08 bits per heavy atom. The van der Waals surface area contributed by atoms with Crippen molar-refractivity contribution in [1.82, 2.24) is 10.2 Å². The number of nitrogens with one attached hydrogen (secondary N) is 1. The number of likely N-dealkylation sites (tertiary alicyclic amines) is 1. The predicted molar refractivity (Wildman–Crippen MR) is 102 cm³/mol. The first-order valence-electron chi connectivity index (χ1n) is 9.23. The second-order valence-electron chi connectivity index (χ2n) is 7.20. The van der Waals surface area contributed by atoms with Crippen LogP contribution in [0.1, 0.15) is 37.4 Å². The van der Waals surface area contributed by atoms with Crippen molar-refractivity contribution in [3.05, 3.63) is 71.8 Å². The molecule has 1 saturated heterocycles. The Balaban J connectivity index is 1.73. The van der Waals surface area contributed by atoms with Crippen molar-refractivity contribution in [2.24, 2.45) is 5.92 Å². The minimum Gasteiger partial charge on any atom is -0.349 e. The van der Waals surface area contributed by atoms with E-state index in [4.69, 9.17) is 0 Å². The second kappa shape index (κ2) is 8.17. The van der Waals surface area contributed by atoms with Crippen LogP contribution in [-0.4, -0.2) is 29.3 Å². The summed E-state index contributed by atoms with van der Waals surface area (Å²) in [6.07, 6.45) is 1.03. The average Bonchev–Trinajstić information content (AvgIpc) is 3.05. The van der Waals surface area contributed by atoms with E-state index in [9.17, 15) is 9.59 Å². The normalized spacial score (nSPS) is 18.2. The fourth-order valence-corrected chi connectivity index (χ4v) is 3.48. The lowest BCUT2D eigenvalue weighted by atomic mass is 9.97. The summed E-state index contributed by atoms with van der Waals surface area (Å²) in [5.41, 5.74) is 2.25. The van der Waals surface area contributed by atoms with Gasteiger partial charge in [-0.15, -0.1) is 0 Å². The van der Waals surface area contributed by atoms with Gasteiger partial charge >= 0.3 is 0 Å². The highest BCUT2D eigenvalue weighted by Crippen LogP contribution is 2.23. The zero-order valence-electron chi connectivity index (χ0n) is 15.4. The van der Waals surface area contributed by atoms with Crippen LogP contribution in [0, 0.1) is 5.92 Å². The monoisotopic (exact) mass is 350 g/mol. The van der Waals surface area contributed by atoms with Gasteiger partial charge in [0.1, 0.15) is 0 Å². The molecule has 0 spiro atoms. The summed E-state index contributed by atoms with van der Waals surface area (Å²) in [6.45, 7) is 4.48.